The second-order valence-electron chi connectivity index (χ2n) is 5.19. The third-order valence-electron chi connectivity index (χ3n) is 3.78. The molecule has 1 fully saturated rings. The molecular formula is C14H19N5O. The van der Waals surface area contributed by atoms with Crippen molar-refractivity contribution in [1.29, 1.82) is 0 Å². The highest BCUT2D eigenvalue weighted by molar-refractivity contribution is 5.32. The van der Waals surface area contributed by atoms with E-state index in [2.05, 4.69) is 22.7 Å². The van der Waals surface area contributed by atoms with Crippen molar-refractivity contribution >= 4 is 0 Å². The standard InChI is InChI=1S/C14H19N5O/c1-10-7-11(9-20-10)14(17-15)13-8-16-18-19(13)12-5-3-2-4-6-12/h2-6,8,10-11,14,17H,7,9,15H2,1H3. The third-order valence-corrected chi connectivity index (χ3v) is 3.78. The minimum absolute atomic E-state index is 0.0184. The summed E-state index contributed by atoms with van der Waals surface area (Å²) in [5, 5.41) is 8.21. The third kappa shape index (κ3) is 2.45. The van der Waals surface area contributed by atoms with Crippen LogP contribution in [0.3, 0.4) is 0 Å². The molecule has 1 aliphatic rings. The lowest BCUT2D eigenvalue weighted by Gasteiger charge is -2.22. The van der Waals surface area contributed by atoms with Gasteiger partial charge >= 0.3 is 0 Å². The first-order chi connectivity index (χ1) is 9.79. The largest absolute Gasteiger partial charge is 0.378 e. The van der Waals surface area contributed by atoms with Crippen LogP contribution < -0.4 is 11.3 Å². The van der Waals surface area contributed by atoms with Crippen molar-refractivity contribution in [3.8, 4) is 5.69 Å². The molecule has 0 spiro atoms. The maximum atomic E-state index is 5.76. The van der Waals surface area contributed by atoms with E-state index in [1.165, 1.54) is 0 Å². The van der Waals surface area contributed by atoms with Gasteiger partial charge in [-0.05, 0) is 25.5 Å². The van der Waals surface area contributed by atoms with Gasteiger partial charge in [0, 0.05) is 5.92 Å². The predicted octanol–water partition coefficient (Wildman–Crippen LogP) is 1.20. The molecule has 3 rings (SSSR count). The number of ether oxygens (including phenoxy) is 1. The maximum Gasteiger partial charge on any atom is 0.0832 e. The van der Waals surface area contributed by atoms with Crippen molar-refractivity contribution in [2.75, 3.05) is 6.61 Å². The first-order valence-corrected chi connectivity index (χ1v) is 6.83. The van der Waals surface area contributed by atoms with E-state index in [-0.39, 0.29) is 12.1 Å². The van der Waals surface area contributed by atoms with E-state index in [1.54, 1.807) is 6.20 Å². The van der Waals surface area contributed by atoms with Crippen LogP contribution in [0.1, 0.15) is 25.1 Å². The quantitative estimate of drug-likeness (QED) is 0.646. The molecule has 6 heteroatoms. The Balaban J connectivity index is 1.91. The summed E-state index contributed by atoms with van der Waals surface area (Å²) in [4.78, 5) is 0. The van der Waals surface area contributed by atoms with Crippen LogP contribution in [0, 0.1) is 5.92 Å². The zero-order valence-electron chi connectivity index (χ0n) is 11.4. The van der Waals surface area contributed by atoms with E-state index in [1.807, 2.05) is 35.0 Å². The van der Waals surface area contributed by atoms with E-state index >= 15 is 0 Å². The summed E-state index contributed by atoms with van der Waals surface area (Å²) in [6.07, 6.45) is 3.02. The van der Waals surface area contributed by atoms with Crippen LogP contribution in [0.2, 0.25) is 0 Å². The van der Waals surface area contributed by atoms with Crippen molar-refractivity contribution in [2.45, 2.75) is 25.5 Å². The normalized spacial score (nSPS) is 23.9. The Hall–Kier alpha value is -1.76. The lowest BCUT2D eigenvalue weighted by Crippen LogP contribution is -2.35. The van der Waals surface area contributed by atoms with Gasteiger partial charge < -0.3 is 4.74 Å². The van der Waals surface area contributed by atoms with Crippen LogP contribution in [0.5, 0.6) is 0 Å². The van der Waals surface area contributed by atoms with E-state index in [9.17, 15) is 0 Å². The zero-order chi connectivity index (χ0) is 13.9. The second kappa shape index (κ2) is 5.70. The summed E-state index contributed by atoms with van der Waals surface area (Å²) in [6, 6.07) is 9.92. The van der Waals surface area contributed by atoms with Crippen LogP contribution in [0.25, 0.3) is 5.69 Å². The van der Waals surface area contributed by atoms with Crippen LogP contribution in [0.15, 0.2) is 36.5 Å². The van der Waals surface area contributed by atoms with Crippen molar-refractivity contribution in [3.63, 3.8) is 0 Å². The monoisotopic (exact) mass is 273 g/mol. The fourth-order valence-corrected chi connectivity index (χ4v) is 2.77. The number of nitrogens with zero attached hydrogens (tertiary/aromatic N) is 3. The molecular weight excluding hydrogens is 254 g/mol. The highest BCUT2D eigenvalue weighted by Gasteiger charge is 2.32. The maximum absolute atomic E-state index is 5.76. The predicted molar refractivity (Wildman–Crippen MR) is 74.9 cm³/mol. The smallest absolute Gasteiger partial charge is 0.0832 e. The van der Waals surface area contributed by atoms with E-state index in [0.29, 0.717) is 12.5 Å². The van der Waals surface area contributed by atoms with E-state index in [0.717, 1.165) is 17.8 Å². The average Bonchev–Trinajstić information content (AvgIpc) is 3.11. The van der Waals surface area contributed by atoms with Crippen LogP contribution in [0.4, 0.5) is 0 Å². The molecule has 0 aliphatic carbocycles. The fraction of sp³-hybridized carbons (Fsp3) is 0.429. The van der Waals surface area contributed by atoms with Gasteiger partial charge in [0.2, 0.25) is 0 Å². The summed E-state index contributed by atoms with van der Waals surface area (Å²) < 4.78 is 7.47. The molecule has 1 aliphatic heterocycles. The van der Waals surface area contributed by atoms with Gasteiger partial charge in [0.15, 0.2) is 0 Å². The number of nitrogens with one attached hydrogen (secondary N) is 1. The summed E-state index contributed by atoms with van der Waals surface area (Å²) >= 11 is 0. The van der Waals surface area contributed by atoms with Crippen LogP contribution in [-0.4, -0.2) is 27.7 Å². The van der Waals surface area contributed by atoms with Gasteiger partial charge in [-0.3, -0.25) is 11.3 Å². The molecule has 106 valence electrons. The first kappa shape index (κ1) is 13.2. The highest BCUT2D eigenvalue weighted by atomic mass is 16.5. The van der Waals surface area contributed by atoms with Gasteiger partial charge in [-0.1, -0.05) is 23.4 Å². The second-order valence-corrected chi connectivity index (χ2v) is 5.19. The number of hydrazine groups is 1. The molecule has 3 atom stereocenters. The summed E-state index contributed by atoms with van der Waals surface area (Å²) in [6.45, 7) is 2.79. The van der Waals surface area contributed by atoms with Gasteiger partial charge in [-0.25, -0.2) is 4.68 Å². The number of para-hydroxylation sites is 1. The van der Waals surface area contributed by atoms with Crippen molar-refractivity contribution in [1.82, 2.24) is 20.4 Å². The molecule has 2 aromatic rings. The number of aromatic nitrogens is 3. The van der Waals surface area contributed by atoms with Gasteiger partial charge in [0.05, 0.1) is 36.3 Å². The summed E-state index contributed by atoms with van der Waals surface area (Å²) in [5.41, 5.74) is 4.83. The van der Waals surface area contributed by atoms with Crippen molar-refractivity contribution < 1.29 is 4.74 Å². The molecule has 3 N–H and O–H groups in total. The molecule has 3 unspecified atom stereocenters. The molecule has 20 heavy (non-hydrogen) atoms. The number of benzene rings is 1. The Morgan fingerprint density at radius 2 is 2.20 bits per heavy atom. The van der Waals surface area contributed by atoms with Gasteiger partial charge in [-0.2, -0.15) is 0 Å². The molecule has 1 aromatic heterocycles. The topological polar surface area (TPSA) is 78.0 Å². The Kier molecular flexibility index (Phi) is 3.77. The number of hydrogen-bond acceptors (Lipinski definition) is 5. The van der Waals surface area contributed by atoms with Gasteiger partial charge in [0.25, 0.3) is 0 Å². The molecule has 1 saturated heterocycles. The molecule has 1 aromatic carbocycles. The Labute approximate surface area is 117 Å². The minimum Gasteiger partial charge on any atom is -0.378 e. The Morgan fingerprint density at radius 1 is 1.40 bits per heavy atom. The molecule has 0 saturated carbocycles. The van der Waals surface area contributed by atoms with E-state index < -0.39 is 0 Å². The lowest BCUT2D eigenvalue weighted by molar-refractivity contribution is 0.116. The Bertz CT molecular complexity index is 556. The van der Waals surface area contributed by atoms with E-state index in [4.69, 9.17) is 10.6 Å². The van der Waals surface area contributed by atoms with Crippen molar-refractivity contribution in [3.05, 3.63) is 42.2 Å². The molecule has 0 bridgehead atoms. The molecule has 0 radical (unpaired) electrons. The number of nitrogens with two attached hydrogens (primary N) is 1. The summed E-state index contributed by atoms with van der Waals surface area (Å²) in [7, 11) is 0. The van der Waals surface area contributed by atoms with Gasteiger partial charge in [-0.15, -0.1) is 5.10 Å². The van der Waals surface area contributed by atoms with Crippen molar-refractivity contribution in [2.24, 2.45) is 11.8 Å². The van der Waals surface area contributed by atoms with Crippen LogP contribution >= 0.6 is 0 Å². The first-order valence-electron chi connectivity index (χ1n) is 6.83. The average molecular weight is 273 g/mol. The number of hydrogen-bond donors (Lipinski definition) is 2. The summed E-state index contributed by atoms with van der Waals surface area (Å²) in [5.74, 6) is 6.09. The van der Waals surface area contributed by atoms with Gasteiger partial charge in [0.1, 0.15) is 0 Å². The van der Waals surface area contributed by atoms with Crippen LogP contribution in [-0.2, 0) is 4.74 Å². The zero-order valence-corrected chi connectivity index (χ0v) is 11.4. The fourth-order valence-electron chi connectivity index (χ4n) is 2.77. The molecule has 2 heterocycles. The highest BCUT2D eigenvalue weighted by Crippen LogP contribution is 2.31. The molecule has 0 amide bonds. The number of rotatable bonds is 4. The Morgan fingerprint density at radius 3 is 2.85 bits per heavy atom. The minimum atomic E-state index is -0.0184. The molecule has 6 nitrogen and oxygen atoms in total. The SMILES string of the molecule is CC1CC(C(NN)c2cnnn2-c2ccccc2)CO1. The lowest BCUT2D eigenvalue weighted by atomic mass is 9.95.